The van der Waals surface area contributed by atoms with Gasteiger partial charge in [0.1, 0.15) is 10.8 Å². The Morgan fingerprint density at radius 3 is 2.72 bits per heavy atom. The smallest absolute Gasteiger partial charge is 0.263 e. The highest BCUT2D eigenvalue weighted by Gasteiger charge is 2.30. The molecule has 1 fully saturated rings. The first kappa shape index (κ1) is 17.9. The normalized spacial score (nSPS) is 18.0. The second kappa shape index (κ2) is 7.98. The van der Waals surface area contributed by atoms with Gasteiger partial charge in [-0.05, 0) is 37.6 Å². The van der Waals surface area contributed by atoms with Crippen LogP contribution in [0.15, 0.2) is 48.5 Å². The monoisotopic (exact) mass is 378 g/mol. The van der Waals surface area contributed by atoms with Crippen molar-refractivity contribution in [2.24, 2.45) is 0 Å². The highest BCUT2D eigenvalue weighted by Crippen LogP contribution is 2.32. The van der Waals surface area contributed by atoms with Gasteiger partial charge in [0.05, 0.1) is 5.02 Å². The van der Waals surface area contributed by atoms with Crippen molar-refractivity contribution in [1.82, 2.24) is 4.90 Å². The van der Waals surface area contributed by atoms with Crippen LogP contribution in [-0.2, 0) is 4.79 Å². The number of hydrogen-bond acceptors (Lipinski definition) is 3. The summed E-state index contributed by atoms with van der Waals surface area (Å²) >= 11 is 12.1. The summed E-state index contributed by atoms with van der Waals surface area (Å²) in [7, 11) is 0. The molecule has 1 amide bonds. The van der Waals surface area contributed by atoms with Crippen molar-refractivity contribution in [2.75, 3.05) is 18.4 Å². The summed E-state index contributed by atoms with van der Waals surface area (Å²) in [6.07, 6.45) is 0.289. The zero-order chi connectivity index (χ0) is 17.8. The van der Waals surface area contributed by atoms with Gasteiger partial charge in [-0.15, -0.1) is 0 Å². The van der Waals surface area contributed by atoms with E-state index in [1.54, 1.807) is 25.1 Å². The first-order chi connectivity index (χ1) is 12.0. The van der Waals surface area contributed by atoms with Crippen molar-refractivity contribution in [3.05, 3.63) is 58.6 Å². The van der Waals surface area contributed by atoms with E-state index >= 15 is 0 Å². The van der Waals surface area contributed by atoms with Crippen LogP contribution in [0.4, 0.5) is 5.69 Å². The van der Waals surface area contributed by atoms with Gasteiger partial charge in [0.15, 0.2) is 6.10 Å². The summed E-state index contributed by atoms with van der Waals surface area (Å²) in [6.45, 7) is 3.10. The van der Waals surface area contributed by atoms with Crippen molar-refractivity contribution in [3.8, 4) is 5.75 Å². The Morgan fingerprint density at radius 1 is 1.20 bits per heavy atom. The fourth-order valence-electron chi connectivity index (χ4n) is 2.92. The molecule has 4 nitrogen and oxygen atoms in total. The predicted octanol–water partition coefficient (Wildman–Crippen LogP) is 4.47. The molecule has 1 saturated heterocycles. The van der Waals surface area contributed by atoms with Crippen LogP contribution in [0.1, 0.15) is 13.3 Å². The molecule has 0 spiro atoms. The van der Waals surface area contributed by atoms with Crippen LogP contribution in [-0.4, -0.2) is 36.0 Å². The Morgan fingerprint density at radius 2 is 1.96 bits per heavy atom. The first-order valence-corrected chi connectivity index (χ1v) is 9.01. The minimum absolute atomic E-state index is 0.0478. The molecular formula is C19H20Cl2N2O2. The number of nitrogens with zero attached hydrogens (tertiary/aromatic N) is 1. The van der Waals surface area contributed by atoms with Gasteiger partial charge < -0.3 is 15.0 Å². The van der Waals surface area contributed by atoms with E-state index in [2.05, 4.69) is 5.32 Å². The van der Waals surface area contributed by atoms with E-state index in [0.29, 0.717) is 28.9 Å². The predicted molar refractivity (Wildman–Crippen MR) is 102 cm³/mol. The fraction of sp³-hybridized carbons (Fsp3) is 0.316. The van der Waals surface area contributed by atoms with E-state index in [0.717, 1.165) is 12.1 Å². The van der Waals surface area contributed by atoms with E-state index in [4.69, 9.17) is 27.9 Å². The lowest BCUT2D eigenvalue weighted by molar-refractivity contribution is -0.136. The van der Waals surface area contributed by atoms with Crippen LogP contribution < -0.4 is 10.1 Å². The largest absolute Gasteiger partial charge is 0.479 e. The van der Waals surface area contributed by atoms with Gasteiger partial charge in [-0.2, -0.15) is 0 Å². The Balaban J connectivity index is 1.57. The molecule has 2 aromatic carbocycles. The van der Waals surface area contributed by atoms with Crippen molar-refractivity contribution in [1.29, 1.82) is 0 Å². The fourth-order valence-corrected chi connectivity index (χ4v) is 3.26. The molecule has 0 radical (unpaired) electrons. The average molecular weight is 379 g/mol. The summed E-state index contributed by atoms with van der Waals surface area (Å²) in [5.41, 5.74) is 1.07. The molecule has 0 aromatic heterocycles. The van der Waals surface area contributed by atoms with Gasteiger partial charge in [-0.25, -0.2) is 0 Å². The molecule has 1 aliphatic heterocycles. The molecule has 6 heteroatoms. The quantitative estimate of drug-likeness (QED) is 0.833. The molecule has 0 saturated carbocycles. The van der Waals surface area contributed by atoms with Gasteiger partial charge in [0.25, 0.3) is 5.91 Å². The molecule has 1 heterocycles. The molecule has 25 heavy (non-hydrogen) atoms. The lowest BCUT2D eigenvalue weighted by Crippen LogP contribution is -2.40. The second-order valence-electron chi connectivity index (χ2n) is 6.09. The van der Waals surface area contributed by atoms with Crippen molar-refractivity contribution >= 4 is 34.8 Å². The number of nitrogens with one attached hydrogen (secondary N) is 1. The third kappa shape index (κ3) is 4.39. The Labute approximate surface area is 157 Å². The van der Waals surface area contributed by atoms with Crippen molar-refractivity contribution < 1.29 is 9.53 Å². The van der Waals surface area contributed by atoms with Gasteiger partial charge in [0, 0.05) is 24.8 Å². The third-order valence-electron chi connectivity index (χ3n) is 4.21. The molecule has 132 valence electrons. The van der Waals surface area contributed by atoms with Crippen LogP contribution in [0.5, 0.6) is 5.75 Å². The molecule has 2 unspecified atom stereocenters. The standard InChI is InChI=1S/C19H20Cl2N2O2/c1-13(25-17-9-5-8-16(20)18(17)21)19(24)23-11-10-15(12-23)22-14-6-3-2-4-7-14/h2-9,13,15,22H,10-12H2,1H3. The number of anilines is 1. The van der Waals surface area contributed by atoms with Crippen LogP contribution in [0.3, 0.4) is 0 Å². The molecule has 2 atom stereocenters. The van der Waals surface area contributed by atoms with Gasteiger partial charge >= 0.3 is 0 Å². The topological polar surface area (TPSA) is 41.6 Å². The van der Waals surface area contributed by atoms with Gasteiger partial charge in [0.2, 0.25) is 0 Å². The highest BCUT2D eigenvalue weighted by molar-refractivity contribution is 6.42. The minimum Gasteiger partial charge on any atom is -0.479 e. The Bertz CT molecular complexity index is 739. The summed E-state index contributed by atoms with van der Waals surface area (Å²) in [4.78, 5) is 14.5. The minimum atomic E-state index is -0.619. The van der Waals surface area contributed by atoms with Gasteiger partial charge in [-0.3, -0.25) is 4.79 Å². The number of para-hydroxylation sites is 1. The van der Waals surface area contributed by atoms with Crippen LogP contribution in [0.25, 0.3) is 0 Å². The van der Waals surface area contributed by atoms with Crippen molar-refractivity contribution in [2.45, 2.75) is 25.5 Å². The number of carbonyl (C=O) groups excluding carboxylic acids is 1. The van der Waals surface area contributed by atoms with Crippen LogP contribution in [0, 0.1) is 0 Å². The zero-order valence-electron chi connectivity index (χ0n) is 13.9. The average Bonchev–Trinajstić information content (AvgIpc) is 3.07. The maximum atomic E-state index is 12.6. The lowest BCUT2D eigenvalue weighted by Gasteiger charge is -2.22. The van der Waals surface area contributed by atoms with Gasteiger partial charge in [-0.1, -0.05) is 47.5 Å². The van der Waals surface area contributed by atoms with E-state index in [-0.39, 0.29) is 11.9 Å². The number of halogens is 2. The second-order valence-corrected chi connectivity index (χ2v) is 6.88. The number of carbonyl (C=O) groups is 1. The molecule has 3 rings (SSSR count). The lowest BCUT2D eigenvalue weighted by atomic mass is 10.2. The van der Waals surface area contributed by atoms with Crippen molar-refractivity contribution in [3.63, 3.8) is 0 Å². The van der Waals surface area contributed by atoms with E-state index < -0.39 is 6.10 Å². The number of ether oxygens (including phenoxy) is 1. The maximum absolute atomic E-state index is 12.6. The number of likely N-dealkylation sites (tertiary alicyclic amines) is 1. The Kier molecular flexibility index (Phi) is 5.71. The maximum Gasteiger partial charge on any atom is 0.263 e. The number of hydrogen-bond donors (Lipinski definition) is 1. The molecule has 0 aliphatic carbocycles. The SMILES string of the molecule is CC(Oc1cccc(Cl)c1Cl)C(=O)N1CCC(Nc2ccccc2)C1. The highest BCUT2D eigenvalue weighted by atomic mass is 35.5. The molecule has 0 bridgehead atoms. The summed E-state index contributed by atoms with van der Waals surface area (Å²) in [6, 6.07) is 15.4. The Hall–Kier alpha value is -1.91. The number of benzene rings is 2. The molecular weight excluding hydrogens is 359 g/mol. The van der Waals surface area contributed by atoms with Crippen LogP contribution in [0.2, 0.25) is 10.0 Å². The van der Waals surface area contributed by atoms with E-state index in [9.17, 15) is 4.79 Å². The molecule has 2 aromatic rings. The summed E-state index contributed by atoms with van der Waals surface area (Å²) < 4.78 is 5.73. The number of amides is 1. The number of rotatable bonds is 5. The summed E-state index contributed by atoms with van der Waals surface area (Å²) in [5, 5.41) is 4.19. The third-order valence-corrected chi connectivity index (χ3v) is 5.01. The van der Waals surface area contributed by atoms with E-state index in [1.165, 1.54) is 0 Å². The van der Waals surface area contributed by atoms with Crippen LogP contribution >= 0.6 is 23.2 Å². The summed E-state index contributed by atoms with van der Waals surface area (Å²) in [5.74, 6) is 0.376. The molecule has 1 N–H and O–H groups in total. The van der Waals surface area contributed by atoms with E-state index in [1.807, 2.05) is 35.2 Å². The zero-order valence-corrected chi connectivity index (χ0v) is 15.4. The molecule has 1 aliphatic rings. The first-order valence-electron chi connectivity index (χ1n) is 8.25.